The summed E-state index contributed by atoms with van der Waals surface area (Å²) in [6, 6.07) is 11.3. The Hall–Kier alpha value is -4.15. The molecule has 3 rings (SSSR count). The van der Waals surface area contributed by atoms with Crippen molar-refractivity contribution in [2.45, 2.75) is 6.36 Å². The molecule has 31 heavy (non-hydrogen) atoms. The largest absolute Gasteiger partial charge is 0.573 e. The molecule has 0 spiro atoms. The van der Waals surface area contributed by atoms with Crippen LogP contribution >= 0.6 is 0 Å². The fourth-order valence-corrected chi connectivity index (χ4v) is 3.03. The maximum Gasteiger partial charge on any atom is 0.573 e. The van der Waals surface area contributed by atoms with E-state index in [1.807, 2.05) is 0 Å². The summed E-state index contributed by atoms with van der Waals surface area (Å²) in [7, 11) is 1.22. The topological polar surface area (TPSA) is 130 Å². The van der Waals surface area contributed by atoms with Gasteiger partial charge in [-0.1, -0.05) is 36.4 Å². The van der Waals surface area contributed by atoms with Crippen molar-refractivity contribution in [3.63, 3.8) is 0 Å². The lowest BCUT2D eigenvalue weighted by Crippen LogP contribution is -2.34. The maximum atomic E-state index is 12.7. The number of halogens is 3. The second kappa shape index (κ2) is 7.94. The van der Waals surface area contributed by atoms with Crippen molar-refractivity contribution in [3.8, 4) is 28.1 Å². The molecule has 1 aromatic heterocycles. The number of aromatic nitrogens is 2. The number of ether oxygens (including phenoxy) is 1. The number of primary amides is 2. The van der Waals surface area contributed by atoms with Crippen molar-refractivity contribution < 1.29 is 27.5 Å². The van der Waals surface area contributed by atoms with Gasteiger partial charge in [-0.25, -0.2) is 4.98 Å². The minimum atomic E-state index is -4.90. The highest BCUT2D eigenvalue weighted by molar-refractivity contribution is 6.04. The average molecular weight is 432 g/mol. The third-order valence-electron chi connectivity index (χ3n) is 4.32. The van der Waals surface area contributed by atoms with Crippen molar-refractivity contribution in [1.82, 2.24) is 9.55 Å². The van der Waals surface area contributed by atoms with Crippen molar-refractivity contribution in [3.05, 3.63) is 70.3 Å². The Kier molecular flexibility index (Phi) is 5.52. The molecule has 3 aromatic rings. The van der Waals surface area contributed by atoms with E-state index < -0.39 is 40.9 Å². The van der Waals surface area contributed by atoms with E-state index in [0.29, 0.717) is 5.56 Å². The zero-order chi connectivity index (χ0) is 22.9. The van der Waals surface area contributed by atoms with Crippen LogP contribution in [0.5, 0.6) is 5.75 Å². The van der Waals surface area contributed by atoms with Crippen molar-refractivity contribution in [2.24, 2.45) is 18.5 Å². The number of carbonyl (C=O) groups excluding carboxylic acids is 2. The minimum absolute atomic E-state index is 0.113. The Morgan fingerprint density at radius 1 is 1.00 bits per heavy atom. The molecule has 2 amide bonds. The highest BCUT2D eigenvalue weighted by Crippen LogP contribution is 2.34. The Morgan fingerprint density at radius 3 is 2.26 bits per heavy atom. The van der Waals surface area contributed by atoms with Gasteiger partial charge in [-0.2, -0.15) is 0 Å². The van der Waals surface area contributed by atoms with Crippen molar-refractivity contribution >= 4 is 11.8 Å². The molecule has 0 saturated carbocycles. The van der Waals surface area contributed by atoms with Gasteiger partial charge < -0.3 is 20.8 Å². The molecule has 8 nitrogen and oxygen atoms in total. The molecule has 0 bridgehead atoms. The van der Waals surface area contributed by atoms with Gasteiger partial charge in [0, 0.05) is 18.2 Å². The first kappa shape index (κ1) is 21.6. The summed E-state index contributed by atoms with van der Waals surface area (Å²) in [5.41, 5.74) is 9.13. The fourth-order valence-electron chi connectivity index (χ4n) is 3.03. The van der Waals surface area contributed by atoms with E-state index in [9.17, 15) is 27.6 Å². The molecule has 0 unspecified atom stereocenters. The molecule has 0 aliphatic heterocycles. The van der Waals surface area contributed by atoms with E-state index in [2.05, 4.69) is 9.72 Å². The molecule has 0 aliphatic rings. The molecule has 2 aromatic carbocycles. The van der Waals surface area contributed by atoms with Crippen LogP contribution in [0.25, 0.3) is 22.4 Å². The van der Waals surface area contributed by atoms with Gasteiger partial charge in [0.1, 0.15) is 17.1 Å². The van der Waals surface area contributed by atoms with Gasteiger partial charge in [-0.3, -0.25) is 14.4 Å². The lowest BCUT2D eigenvalue weighted by Gasteiger charge is -2.14. The number of amides is 2. The SMILES string of the molecule is Cn1c(C(N)=O)c(C(N)=O)nc(-c2cccc(-c3ccccc3OC(F)(F)F)c2)c1=O. The highest BCUT2D eigenvalue weighted by Gasteiger charge is 2.32. The van der Waals surface area contributed by atoms with E-state index in [1.54, 1.807) is 0 Å². The van der Waals surface area contributed by atoms with Crippen LogP contribution in [0.2, 0.25) is 0 Å². The summed E-state index contributed by atoms with van der Waals surface area (Å²) < 4.78 is 43.2. The molecule has 0 radical (unpaired) electrons. The number of hydrogen-bond acceptors (Lipinski definition) is 5. The van der Waals surface area contributed by atoms with Crippen LogP contribution in [0.4, 0.5) is 13.2 Å². The Balaban J connectivity index is 2.20. The van der Waals surface area contributed by atoms with Crippen molar-refractivity contribution in [2.75, 3.05) is 0 Å². The van der Waals surface area contributed by atoms with E-state index >= 15 is 0 Å². The van der Waals surface area contributed by atoms with E-state index in [1.165, 1.54) is 49.5 Å². The Morgan fingerprint density at radius 2 is 1.65 bits per heavy atom. The zero-order valence-corrected chi connectivity index (χ0v) is 15.9. The third kappa shape index (κ3) is 4.39. The molecule has 4 N–H and O–H groups in total. The van der Waals surface area contributed by atoms with E-state index in [4.69, 9.17) is 11.5 Å². The second-order valence-electron chi connectivity index (χ2n) is 6.38. The number of alkyl halides is 3. The van der Waals surface area contributed by atoms with Crippen molar-refractivity contribution in [1.29, 1.82) is 0 Å². The van der Waals surface area contributed by atoms with Crippen LogP contribution in [0, 0.1) is 0 Å². The quantitative estimate of drug-likeness (QED) is 0.638. The van der Waals surface area contributed by atoms with Gasteiger partial charge in [0.2, 0.25) is 0 Å². The summed E-state index contributed by atoms with van der Waals surface area (Å²) in [6.45, 7) is 0. The predicted molar refractivity (Wildman–Crippen MR) is 104 cm³/mol. The third-order valence-corrected chi connectivity index (χ3v) is 4.32. The van der Waals surface area contributed by atoms with Gasteiger partial charge in [0.15, 0.2) is 5.69 Å². The summed E-state index contributed by atoms with van der Waals surface area (Å²) in [4.78, 5) is 40.1. The number of carbonyl (C=O) groups is 2. The van der Waals surface area contributed by atoms with Crippen LogP contribution in [-0.2, 0) is 7.05 Å². The summed E-state index contributed by atoms with van der Waals surface area (Å²) in [5, 5.41) is 0. The van der Waals surface area contributed by atoms with Gasteiger partial charge in [0.25, 0.3) is 17.4 Å². The normalized spacial score (nSPS) is 11.2. The smallest absolute Gasteiger partial charge is 0.405 e. The van der Waals surface area contributed by atoms with Gasteiger partial charge in [-0.05, 0) is 17.7 Å². The van der Waals surface area contributed by atoms with Gasteiger partial charge in [-0.15, -0.1) is 13.2 Å². The fraction of sp³-hybridized carbons (Fsp3) is 0.100. The number of benzene rings is 2. The first-order valence-corrected chi connectivity index (χ1v) is 8.66. The molecule has 0 aliphatic carbocycles. The van der Waals surface area contributed by atoms with Crippen LogP contribution in [0.3, 0.4) is 0 Å². The number of hydrogen-bond donors (Lipinski definition) is 2. The zero-order valence-electron chi connectivity index (χ0n) is 15.9. The Bertz CT molecular complexity index is 1250. The van der Waals surface area contributed by atoms with Crippen LogP contribution < -0.4 is 21.8 Å². The van der Waals surface area contributed by atoms with Crippen LogP contribution in [0.15, 0.2) is 53.3 Å². The summed E-state index contributed by atoms with van der Waals surface area (Å²) >= 11 is 0. The Labute approximate surface area is 172 Å². The first-order chi connectivity index (χ1) is 14.5. The van der Waals surface area contributed by atoms with Gasteiger partial charge >= 0.3 is 6.36 Å². The first-order valence-electron chi connectivity index (χ1n) is 8.66. The lowest BCUT2D eigenvalue weighted by molar-refractivity contribution is -0.274. The maximum absolute atomic E-state index is 12.7. The monoisotopic (exact) mass is 432 g/mol. The molecule has 1 heterocycles. The average Bonchev–Trinajstić information content (AvgIpc) is 2.68. The molecule has 160 valence electrons. The van der Waals surface area contributed by atoms with Crippen LogP contribution in [-0.4, -0.2) is 27.7 Å². The number of rotatable bonds is 5. The second-order valence-corrected chi connectivity index (χ2v) is 6.38. The van der Waals surface area contributed by atoms with Crippen LogP contribution in [0.1, 0.15) is 21.0 Å². The molecular weight excluding hydrogens is 417 g/mol. The van der Waals surface area contributed by atoms with E-state index in [0.717, 1.165) is 10.6 Å². The highest BCUT2D eigenvalue weighted by atomic mass is 19.4. The lowest BCUT2D eigenvalue weighted by atomic mass is 10.0. The number of nitrogens with two attached hydrogens (primary N) is 2. The molecule has 0 saturated heterocycles. The summed E-state index contributed by atoms with van der Waals surface area (Å²) in [6.07, 6.45) is -4.90. The predicted octanol–water partition coefficient (Wildman–Crippen LogP) is 2.21. The summed E-state index contributed by atoms with van der Waals surface area (Å²) in [5.74, 6) is -2.58. The molecule has 11 heteroatoms. The minimum Gasteiger partial charge on any atom is -0.405 e. The standard InChI is InChI=1S/C20H15F3N4O4/c1-27-16(18(25)29)15(17(24)28)26-14(19(27)30)11-6-4-5-10(9-11)12-7-2-3-8-13(12)31-20(21,22)23/h2-9H,1H3,(H2,24,28)(H2,25,29). The molecule has 0 atom stereocenters. The van der Waals surface area contributed by atoms with Gasteiger partial charge in [0.05, 0.1) is 0 Å². The van der Waals surface area contributed by atoms with E-state index in [-0.39, 0.29) is 16.8 Å². The number of para-hydroxylation sites is 1. The number of nitrogens with zero attached hydrogens (tertiary/aromatic N) is 2. The molecule has 0 fully saturated rings. The molecular formula is C20H15F3N4O4.